The molecule has 0 aliphatic heterocycles. The van der Waals surface area contributed by atoms with Gasteiger partial charge in [0.1, 0.15) is 0 Å². The number of thiocarbonyl (C=S) groups is 1. The van der Waals surface area contributed by atoms with E-state index in [0.717, 1.165) is 6.54 Å². The minimum absolute atomic E-state index is 0.0391. The zero-order valence-electron chi connectivity index (χ0n) is 10.1. The number of thioether (sulfide) groups is 1. The summed E-state index contributed by atoms with van der Waals surface area (Å²) in [5.41, 5.74) is 4.93. The molecule has 0 aromatic rings. The second kappa shape index (κ2) is 4.92. The Balaban J connectivity index is 2.54. The first-order valence-corrected chi connectivity index (χ1v) is 7.17. The van der Waals surface area contributed by atoms with Crippen molar-refractivity contribution in [1.82, 2.24) is 5.32 Å². The van der Waals surface area contributed by atoms with Gasteiger partial charge in [-0.1, -0.05) is 19.1 Å². The number of hydrogen-bond acceptors (Lipinski definition) is 3. The predicted molar refractivity (Wildman–Crippen MR) is 73.7 cm³/mol. The van der Waals surface area contributed by atoms with E-state index in [-0.39, 0.29) is 15.6 Å². The van der Waals surface area contributed by atoms with E-state index in [0.29, 0.717) is 6.42 Å². The average Bonchev–Trinajstić information content (AvgIpc) is 3.05. The fourth-order valence-corrected chi connectivity index (χ4v) is 2.44. The number of amides is 1. The van der Waals surface area contributed by atoms with Gasteiger partial charge in [-0.15, -0.1) is 0 Å². The molecule has 0 aromatic carbocycles. The summed E-state index contributed by atoms with van der Waals surface area (Å²) >= 11 is 6.80. The molecular weight excluding hydrogens is 240 g/mol. The summed E-state index contributed by atoms with van der Waals surface area (Å²) in [6.45, 7) is 4.47. The lowest BCUT2D eigenvalue weighted by Crippen LogP contribution is -2.48. The number of carbonyl (C=O) groups excluding carboxylic acids is 1. The highest BCUT2D eigenvalue weighted by atomic mass is 32.2. The van der Waals surface area contributed by atoms with Crippen molar-refractivity contribution in [1.29, 1.82) is 0 Å². The minimum atomic E-state index is -0.705. The van der Waals surface area contributed by atoms with E-state index in [1.807, 2.05) is 25.6 Å². The molecule has 92 valence electrons. The standard InChI is InChI=1S/C11H20N2OS2/c1-4-10(2,8(12)15)9(14)13-7-11(16-3)5-6-11/h4-7H2,1-3H3,(H2,12,15)(H,13,14). The Kier molecular flexibility index (Phi) is 4.23. The number of rotatable bonds is 6. The summed E-state index contributed by atoms with van der Waals surface area (Å²) in [7, 11) is 0. The van der Waals surface area contributed by atoms with E-state index in [9.17, 15) is 4.79 Å². The first kappa shape index (κ1) is 13.8. The van der Waals surface area contributed by atoms with Crippen LogP contribution in [0.4, 0.5) is 0 Å². The van der Waals surface area contributed by atoms with Crippen molar-refractivity contribution in [3.8, 4) is 0 Å². The molecule has 16 heavy (non-hydrogen) atoms. The Labute approximate surface area is 107 Å². The smallest absolute Gasteiger partial charge is 0.232 e. The highest BCUT2D eigenvalue weighted by molar-refractivity contribution is 8.00. The zero-order valence-corrected chi connectivity index (χ0v) is 11.8. The van der Waals surface area contributed by atoms with Crippen molar-refractivity contribution in [2.24, 2.45) is 11.1 Å². The van der Waals surface area contributed by atoms with Crippen LogP contribution in [0.25, 0.3) is 0 Å². The maximum Gasteiger partial charge on any atom is 0.232 e. The summed E-state index contributed by atoms with van der Waals surface area (Å²) in [6.07, 6.45) is 5.10. The molecule has 3 nitrogen and oxygen atoms in total. The van der Waals surface area contributed by atoms with Crippen LogP contribution in [0, 0.1) is 5.41 Å². The van der Waals surface area contributed by atoms with Crippen molar-refractivity contribution in [2.45, 2.75) is 37.9 Å². The molecule has 1 aliphatic rings. The summed E-state index contributed by atoms with van der Waals surface area (Å²) < 4.78 is 0.278. The number of nitrogens with one attached hydrogen (secondary N) is 1. The maximum atomic E-state index is 12.0. The first-order chi connectivity index (χ1) is 7.40. The van der Waals surface area contributed by atoms with Crippen LogP contribution in [0.15, 0.2) is 0 Å². The second-order valence-electron chi connectivity index (χ2n) is 4.62. The average molecular weight is 260 g/mol. The Morgan fingerprint density at radius 3 is 2.50 bits per heavy atom. The lowest BCUT2D eigenvalue weighted by atomic mass is 9.86. The normalized spacial score (nSPS) is 20.9. The lowest BCUT2D eigenvalue weighted by Gasteiger charge is -2.26. The third-order valence-corrected chi connectivity index (χ3v) is 5.43. The highest BCUT2D eigenvalue weighted by Crippen LogP contribution is 2.46. The van der Waals surface area contributed by atoms with Gasteiger partial charge in [-0.2, -0.15) is 11.8 Å². The van der Waals surface area contributed by atoms with Gasteiger partial charge in [0.25, 0.3) is 0 Å². The van der Waals surface area contributed by atoms with Gasteiger partial charge in [0.2, 0.25) is 5.91 Å². The molecule has 0 aromatic heterocycles. The number of hydrogen-bond donors (Lipinski definition) is 2. The van der Waals surface area contributed by atoms with Crippen molar-refractivity contribution in [3.63, 3.8) is 0 Å². The molecule has 1 rings (SSSR count). The van der Waals surface area contributed by atoms with Crippen LogP contribution in [0.1, 0.15) is 33.1 Å². The van der Waals surface area contributed by atoms with E-state index < -0.39 is 5.41 Å². The van der Waals surface area contributed by atoms with E-state index in [1.54, 1.807) is 0 Å². The third-order valence-electron chi connectivity index (χ3n) is 3.56. The highest BCUT2D eigenvalue weighted by Gasteiger charge is 2.43. The molecule has 0 radical (unpaired) electrons. The Hall–Kier alpha value is -0.290. The topological polar surface area (TPSA) is 55.1 Å². The molecule has 1 unspecified atom stereocenters. The van der Waals surface area contributed by atoms with Gasteiger partial charge < -0.3 is 11.1 Å². The predicted octanol–water partition coefficient (Wildman–Crippen LogP) is 1.70. The number of carbonyl (C=O) groups is 1. The van der Waals surface area contributed by atoms with E-state index in [2.05, 4.69) is 11.6 Å². The molecule has 0 spiro atoms. The molecule has 1 fully saturated rings. The fourth-order valence-electron chi connectivity index (χ4n) is 1.48. The minimum Gasteiger partial charge on any atom is -0.392 e. The summed E-state index contributed by atoms with van der Waals surface area (Å²) in [6, 6.07) is 0. The molecule has 3 N–H and O–H groups in total. The Bertz CT molecular complexity index is 302. The van der Waals surface area contributed by atoms with E-state index in [1.165, 1.54) is 12.8 Å². The molecule has 0 heterocycles. The van der Waals surface area contributed by atoms with Crippen molar-refractivity contribution in [2.75, 3.05) is 12.8 Å². The van der Waals surface area contributed by atoms with Crippen LogP contribution >= 0.6 is 24.0 Å². The molecule has 1 aliphatic carbocycles. The SMILES string of the molecule is CCC(C)(C(=O)NCC1(SC)CC1)C(N)=S. The Morgan fingerprint density at radius 2 is 2.19 bits per heavy atom. The largest absolute Gasteiger partial charge is 0.392 e. The summed E-state index contributed by atoms with van der Waals surface area (Å²) in [5, 5.41) is 2.98. The van der Waals surface area contributed by atoms with Gasteiger partial charge in [-0.3, -0.25) is 4.79 Å². The quantitative estimate of drug-likeness (QED) is 0.714. The van der Waals surface area contributed by atoms with Crippen molar-refractivity contribution < 1.29 is 4.79 Å². The second-order valence-corrected chi connectivity index (χ2v) is 6.33. The van der Waals surface area contributed by atoms with Crippen LogP contribution in [0.3, 0.4) is 0 Å². The maximum absolute atomic E-state index is 12.0. The molecule has 5 heteroatoms. The van der Waals surface area contributed by atoms with Gasteiger partial charge in [-0.25, -0.2) is 0 Å². The molecular formula is C11H20N2OS2. The van der Waals surface area contributed by atoms with Gasteiger partial charge in [-0.05, 0) is 32.4 Å². The molecule has 0 bridgehead atoms. The van der Waals surface area contributed by atoms with Gasteiger partial charge in [0.15, 0.2) is 0 Å². The van der Waals surface area contributed by atoms with Crippen LogP contribution in [0.5, 0.6) is 0 Å². The van der Waals surface area contributed by atoms with Crippen LogP contribution in [-0.2, 0) is 4.79 Å². The van der Waals surface area contributed by atoms with Crippen molar-refractivity contribution in [3.05, 3.63) is 0 Å². The van der Waals surface area contributed by atoms with Gasteiger partial charge in [0.05, 0.1) is 10.4 Å². The van der Waals surface area contributed by atoms with Crippen LogP contribution in [0.2, 0.25) is 0 Å². The third kappa shape index (κ3) is 2.69. The summed E-state index contributed by atoms with van der Waals surface area (Å²) in [4.78, 5) is 12.3. The van der Waals surface area contributed by atoms with Crippen molar-refractivity contribution >= 4 is 34.9 Å². The lowest BCUT2D eigenvalue weighted by molar-refractivity contribution is -0.126. The van der Waals surface area contributed by atoms with Gasteiger partial charge in [0, 0.05) is 11.3 Å². The van der Waals surface area contributed by atoms with Crippen LogP contribution < -0.4 is 11.1 Å². The Morgan fingerprint density at radius 1 is 1.62 bits per heavy atom. The summed E-state index contributed by atoms with van der Waals surface area (Å²) in [5.74, 6) is -0.0391. The number of nitrogens with two attached hydrogens (primary N) is 1. The zero-order chi connectivity index (χ0) is 12.4. The molecule has 1 atom stereocenters. The van der Waals surface area contributed by atoms with E-state index in [4.69, 9.17) is 18.0 Å². The van der Waals surface area contributed by atoms with Crippen LogP contribution in [-0.4, -0.2) is 28.4 Å². The monoisotopic (exact) mass is 260 g/mol. The fraction of sp³-hybridized carbons (Fsp3) is 0.818. The molecule has 1 saturated carbocycles. The van der Waals surface area contributed by atoms with E-state index >= 15 is 0 Å². The first-order valence-electron chi connectivity index (χ1n) is 5.53. The van der Waals surface area contributed by atoms with Gasteiger partial charge >= 0.3 is 0 Å². The molecule has 0 saturated heterocycles. The molecule has 1 amide bonds.